The van der Waals surface area contributed by atoms with Gasteiger partial charge in [-0.2, -0.15) is 0 Å². The first kappa shape index (κ1) is 17.0. The number of benzene rings is 2. The van der Waals surface area contributed by atoms with Crippen LogP contribution in [0.5, 0.6) is 0 Å². The minimum Gasteiger partial charge on any atom is -0.466 e. The molecule has 1 atom stereocenters. The van der Waals surface area contributed by atoms with E-state index < -0.39 is 5.92 Å². The first-order chi connectivity index (χ1) is 12.2. The van der Waals surface area contributed by atoms with Crippen molar-refractivity contribution < 1.29 is 14.3 Å². The van der Waals surface area contributed by atoms with Gasteiger partial charge in [0.1, 0.15) is 6.29 Å². The number of fused-ring (bicyclic) bond motifs is 1. The van der Waals surface area contributed by atoms with E-state index in [-0.39, 0.29) is 12.4 Å². The van der Waals surface area contributed by atoms with Crippen molar-refractivity contribution in [3.05, 3.63) is 71.9 Å². The van der Waals surface area contributed by atoms with E-state index in [1.807, 2.05) is 48.7 Å². The molecular formula is C21H21NO3. The molecule has 0 aliphatic heterocycles. The maximum Gasteiger partial charge on any atom is 0.313 e. The van der Waals surface area contributed by atoms with Crippen LogP contribution in [0.25, 0.3) is 10.9 Å². The van der Waals surface area contributed by atoms with E-state index in [9.17, 15) is 9.59 Å². The third-order valence-electron chi connectivity index (χ3n) is 4.30. The molecule has 4 nitrogen and oxygen atoms in total. The standard InChI is InChI=1S/C21H21NO3/c1-2-25-21(24)19(11-13-23)17-8-9-20-18(14-17)10-12-22(20)15-16-6-4-3-5-7-16/h3-10,12-14,19H,2,11,15H2,1H3. The lowest BCUT2D eigenvalue weighted by Gasteiger charge is -2.14. The van der Waals surface area contributed by atoms with E-state index in [0.717, 1.165) is 29.3 Å². The van der Waals surface area contributed by atoms with E-state index >= 15 is 0 Å². The summed E-state index contributed by atoms with van der Waals surface area (Å²) in [6.07, 6.45) is 2.95. The quantitative estimate of drug-likeness (QED) is 0.485. The second-order valence-electron chi connectivity index (χ2n) is 5.95. The van der Waals surface area contributed by atoms with E-state index in [4.69, 9.17) is 4.74 Å². The minimum absolute atomic E-state index is 0.134. The maximum absolute atomic E-state index is 12.1. The average molecular weight is 335 g/mol. The van der Waals surface area contributed by atoms with E-state index in [2.05, 4.69) is 16.7 Å². The molecule has 0 aliphatic carbocycles. The molecule has 1 unspecified atom stereocenters. The van der Waals surface area contributed by atoms with Crippen molar-refractivity contribution in [1.29, 1.82) is 0 Å². The molecule has 2 aromatic carbocycles. The van der Waals surface area contributed by atoms with Gasteiger partial charge in [-0.3, -0.25) is 4.79 Å². The third kappa shape index (κ3) is 3.79. The van der Waals surface area contributed by atoms with E-state index in [1.54, 1.807) is 6.92 Å². The van der Waals surface area contributed by atoms with Gasteiger partial charge < -0.3 is 14.1 Å². The normalized spacial score (nSPS) is 12.0. The van der Waals surface area contributed by atoms with Gasteiger partial charge >= 0.3 is 5.97 Å². The number of hydrogen-bond donors (Lipinski definition) is 0. The van der Waals surface area contributed by atoms with E-state index in [1.165, 1.54) is 5.56 Å². The van der Waals surface area contributed by atoms with Crippen molar-refractivity contribution in [2.24, 2.45) is 0 Å². The zero-order valence-corrected chi connectivity index (χ0v) is 14.2. The van der Waals surface area contributed by atoms with Gasteiger partial charge in [0.05, 0.1) is 12.5 Å². The Labute approximate surface area is 147 Å². The smallest absolute Gasteiger partial charge is 0.313 e. The van der Waals surface area contributed by atoms with Gasteiger partial charge in [0.25, 0.3) is 0 Å². The highest BCUT2D eigenvalue weighted by atomic mass is 16.5. The van der Waals surface area contributed by atoms with Crippen LogP contribution in [0.4, 0.5) is 0 Å². The average Bonchev–Trinajstić information content (AvgIpc) is 3.03. The first-order valence-corrected chi connectivity index (χ1v) is 8.46. The van der Waals surface area contributed by atoms with Crippen molar-refractivity contribution in [2.75, 3.05) is 6.61 Å². The predicted molar refractivity (Wildman–Crippen MR) is 97.5 cm³/mol. The molecule has 4 heteroatoms. The molecule has 0 saturated carbocycles. The Morgan fingerprint density at radius 1 is 1.16 bits per heavy atom. The number of aldehydes is 1. The molecule has 0 spiro atoms. The monoisotopic (exact) mass is 335 g/mol. The van der Waals surface area contributed by atoms with Gasteiger partial charge in [-0.15, -0.1) is 0 Å². The summed E-state index contributed by atoms with van der Waals surface area (Å²) in [5, 5.41) is 1.05. The summed E-state index contributed by atoms with van der Waals surface area (Å²) in [4.78, 5) is 23.1. The number of esters is 1. The number of ether oxygens (including phenoxy) is 1. The summed E-state index contributed by atoms with van der Waals surface area (Å²) in [7, 11) is 0. The second-order valence-corrected chi connectivity index (χ2v) is 5.95. The lowest BCUT2D eigenvalue weighted by atomic mass is 9.95. The van der Waals surface area contributed by atoms with Crippen LogP contribution in [0, 0.1) is 0 Å². The van der Waals surface area contributed by atoms with Crippen LogP contribution in [0.1, 0.15) is 30.4 Å². The summed E-state index contributed by atoms with van der Waals surface area (Å²) in [6, 6.07) is 18.2. The minimum atomic E-state index is -0.542. The summed E-state index contributed by atoms with van der Waals surface area (Å²) in [6.45, 7) is 2.87. The highest BCUT2D eigenvalue weighted by Crippen LogP contribution is 2.26. The van der Waals surface area contributed by atoms with Gasteiger partial charge in [-0.1, -0.05) is 36.4 Å². The number of carbonyl (C=O) groups is 2. The summed E-state index contributed by atoms with van der Waals surface area (Å²) < 4.78 is 7.28. The Bertz CT molecular complexity index is 867. The van der Waals surface area contributed by atoms with Crippen LogP contribution >= 0.6 is 0 Å². The molecule has 25 heavy (non-hydrogen) atoms. The fraction of sp³-hybridized carbons (Fsp3) is 0.238. The lowest BCUT2D eigenvalue weighted by molar-refractivity contribution is -0.145. The van der Waals surface area contributed by atoms with Gasteiger partial charge in [0, 0.05) is 24.7 Å². The number of hydrogen-bond acceptors (Lipinski definition) is 3. The zero-order valence-electron chi connectivity index (χ0n) is 14.2. The van der Waals surface area contributed by atoms with Crippen LogP contribution < -0.4 is 0 Å². The van der Waals surface area contributed by atoms with Crippen LogP contribution in [-0.2, 0) is 20.9 Å². The Balaban J connectivity index is 1.90. The SMILES string of the molecule is CCOC(=O)C(CC=O)c1ccc2c(ccn2Cc2ccccc2)c1. The highest BCUT2D eigenvalue weighted by molar-refractivity contribution is 5.86. The molecule has 3 rings (SSSR count). The molecule has 0 bridgehead atoms. The topological polar surface area (TPSA) is 48.3 Å². The number of rotatable bonds is 7. The molecule has 1 aromatic heterocycles. The second kappa shape index (κ2) is 7.79. The molecular weight excluding hydrogens is 314 g/mol. The van der Waals surface area contributed by atoms with Gasteiger partial charge in [0.15, 0.2) is 0 Å². The number of nitrogens with zero attached hydrogens (tertiary/aromatic N) is 1. The maximum atomic E-state index is 12.1. The Kier molecular flexibility index (Phi) is 5.29. The molecule has 0 saturated heterocycles. The van der Waals surface area contributed by atoms with Crippen LogP contribution in [0.15, 0.2) is 60.8 Å². The van der Waals surface area contributed by atoms with Crippen LogP contribution in [0.2, 0.25) is 0 Å². The Morgan fingerprint density at radius 3 is 2.68 bits per heavy atom. The molecule has 1 heterocycles. The van der Waals surface area contributed by atoms with Crippen LogP contribution in [-0.4, -0.2) is 23.4 Å². The van der Waals surface area contributed by atoms with Crippen molar-refractivity contribution in [1.82, 2.24) is 4.57 Å². The lowest BCUT2D eigenvalue weighted by Crippen LogP contribution is -2.16. The van der Waals surface area contributed by atoms with Gasteiger partial charge in [-0.25, -0.2) is 0 Å². The Hall–Kier alpha value is -2.88. The summed E-state index contributed by atoms with van der Waals surface area (Å²) in [5.74, 6) is -0.892. The molecule has 0 aliphatic rings. The molecule has 0 radical (unpaired) electrons. The largest absolute Gasteiger partial charge is 0.466 e. The molecule has 0 N–H and O–H groups in total. The molecule has 0 fully saturated rings. The fourth-order valence-electron chi connectivity index (χ4n) is 3.06. The number of carbonyl (C=O) groups excluding carboxylic acids is 2. The molecule has 0 amide bonds. The van der Waals surface area contributed by atoms with Crippen molar-refractivity contribution in [3.8, 4) is 0 Å². The third-order valence-corrected chi connectivity index (χ3v) is 4.30. The molecule has 3 aromatic rings. The summed E-state index contributed by atoms with van der Waals surface area (Å²) >= 11 is 0. The number of aromatic nitrogens is 1. The van der Waals surface area contributed by atoms with Crippen molar-refractivity contribution >= 4 is 23.2 Å². The van der Waals surface area contributed by atoms with Gasteiger partial charge in [-0.05, 0) is 41.6 Å². The highest BCUT2D eigenvalue weighted by Gasteiger charge is 2.22. The first-order valence-electron chi connectivity index (χ1n) is 8.46. The van der Waals surface area contributed by atoms with Gasteiger partial charge in [0.2, 0.25) is 0 Å². The van der Waals surface area contributed by atoms with Crippen molar-refractivity contribution in [3.63, 3.8) is 0 Å². The van der Waals surface area contributed by atoms with Crippen molar-refractivity contribution in [2.45, 2.75) is 25.8 Å². The van der Waals surface area contributed by atoms with E-state index in [0.29, 0.717) is 6.61 Å². The predicted octanol–water partition coefficient (Wildman–Crippen LogP) is 3.93. The fourth-order valence-corrected chi connectivity index (χ4v) is 3.06. The van der Waals surface area contributed by atoms with Crippen LogP contribution in [0.3, 0.4) is 0 Å². The summed E-state index contributed by atoms with van der Waals surface area (Å²) in [5.41, 5.74) is 3.14. The molecule has 128 valence electrons. The zero-order chi connectivity index (χ0) is 17.6. The Morgan fingerprint density at radius 2 is 1.96 bits per heavy atom.